The smallest absolute Gasteiger partial charge is 0.234 e. The number of nitrogens with two attached hydrogens (primary N) is 1. The van der Waals surface area contributed by atoms with Crippen LogP contribution in [0.1, 0.15) is 36.3 Å². The van der Waals surface area contributed by atoms with Gasteiger partial charge in [-0.25, -0.2) is 0 Å². The number of rotatable bonds is 5. The quantitative estimate of drug-likeness (QED) is 0.523. The van der Waals surface area contributed by atoms with Crippen LogP contribution in [-0.2, 0) is 20.8 Å². The normalized spacial score (nSPS) is 19.1. The SMILES string of the molecule is CN=C/C=C(\N)CN1C(=O)CCc2cc(-c3cccc(C4CCC(=O)NC4=O)c3Cl)ccc21. The Balaban J connectivity index is 1.66. The number of hydrogen-bond donors (Lipinski definition) is 2. The van der Waals surface area contributed by atoms with Crippen molar-refractivity contribution < 1.29 is 14.4 Å². The highest BCUT2D eigenvalue weighted by atomic mass is 35.5. The topological polar surface area (TPSA) is 105 Å². The number of nitrogens with zero attached hydrogens (tertiary/aromatic N) is 2. The molecule has 0 aliphatic carbocycles. The summed E-state index contributed by atoms with van der Waals surface area (Å²) in [6.07, 6.45) is 5.05. The molecule has 3 amide bonds. The first-order valence-electron chi connectivity index (χ1n) is 10.8. The van der Waals surface area contributed by atoms with Crippen molar-refractivity contribution >= 4 is 41.2 Å². The number of hydrogen-bond acceptors (Lipinski definition) is 5. The Bertz CT molecular complexity index is 1190. The van der Waals surface area contributed by atoms with Crippen molar-refractivity contribution in [3.8, 4) is 11.1 Å². The lowest BCUT2D eigenvalue weighted by Gasteiger charge is -2.30. The van der Waals surface area contributed by atoms with Crippen LogP contribution in [0.15, 0.2) is 53.2 Å². The van der Waals surface area contributed by atoms with Gasteiger partial charge in [0, 0.05) is 43.1 Å². The van der Waals surface area contributed by atoms with Gasteiger partial charge in [0.2, 0.25) is 17.7 Å². The number of aliphatic imine (C=N–C) groups is 1. The molecule has 170 valence electrons. The van der Waals surface area contributed by atoms with Crippen molar-refractivity contribution in [3.63, 3.8) is 0 Å². The molecule has 1 fully saturated rings. The first kappa shape index (κ1) is 22.7. The van der Waals surface area contributed by atoms with Crippen molar-refractivity contribution in [3.05, 3.63) is 64.3 Å². The zero-order valence-corrected chi connectivity index (χ0v) is 19.1. The molecule has 3 N–H and O–H groups in total. The van der Waals surface area contributed by atoms with Crippen LogP contribution in [0.3, 0.4) is 0 Å². The number of carbonyl (C=O) groups excluding carboxylic acids is 3. The zero-order chi connectivity index (χ0) is 23.5. The van der Waals surface area contributed by atoms with Gasteiger partial charge in [0.1, 0.15) is 0 Å². The molecule has 2 aromatic carbocycles. The van der Waals surface area contributed by atoms with E-state index < -0.39 is 5.92 Å². The van der Waals surface area contributed by atoms with Gasteiger partial charge < -0.3 is 10.6 Å². The number of amides is 3. The minimum absolute atomic E-state index is 0.0259. The molecule has 0 aromatic heterocycles. The van der Waals surface area contributed by atoms with Crippen molar-refractivity contribution in [2.75, 3.05) is 18.5 Å². The van der Waals surface area contributed by atoms with Crippen molar-refractivity contribution in [1.29, 1.82) is 0 Å². The van der Waals surface area contributed by atoms with Crippen LogP contribution in [0.25, 0.3) is 11.1 Å². The number of imide groups is 1. The number of fused-ring (bicyclic) bond motifs is 1. The Kier molecular flexibility index (Phi) is 6.60. The Hall–Kier alpha value is -3.45. The van der Waals surface area contributed by atoms with Gasteiger partial charge in [-0.3, -0.25) is 24.7 Å². The molecule has 2 aromatic rings. The molecule has 4 rings (SSSR count). The van der Waals surface area contributed by atoms with E-state index in [0.717, 1.165) is 22.4 Å². The number of anilines is 1. The van der Waals surface area contributed by atoms with E-state index in [1.807, 2.05) is 36.4 Å². The van der Waals surface area contributed by atoms with Crippen LogP contribution in [0.2, 0.25) is 5.02 Å². The number of benzene rings is 2. The van der Waals surface area contributed by atoms with Gasteiger partial charge in [0.25, 0.3) is 0 Å². The number of allylic oxidation sites excluding steroid dienone is 1. The van der Waals surface area contributed by atoms with Crippen LogP contribution >= 0.6 is 11.6 Å². The number of nitrogens with one attached hydrogen (secondary N) is 1. The largest absolute Gasteiger partial charge is 0.401 e. The third-order valence-electron chi connectivity index (χ3n) is 6.01. The fourth-order valence-electron chi connectivity index (χ4n) is 4.34. The Labute approximate surface area is 197 Å². The van der Waals surface area contributed by atoms with Gasteiger partial charge in [-0.1, -0.05) is 35.9 Å². The standard InChI is InChI=1S/C25H25ClN4O3/c1-28-12-11-17(27)14-30-21-8-5-15(13-16(21)6-10-23(30)32)18-3-2-4-19(24(18)26)20-7-9-22(31)29-25(20)33/h2-5,8,11-13,20H,6-7,9-10,14,27H2,1H3,(H,29,31,33)/b17-11-,28-12?. The van der Waals surface area contributed by atoms with Crippen LogP contribution in [0.4, 0.5) is 5.69 Å². The van der Waals surface area contributed by atoms with E-state index in [9.17, 15) is 14.4 Å². The molecule has 0 saturated carbocycles. The van der Waals surface area contributed by atoms with E-state index in [2.05, 4.69) is 10.3 Å². The lowest BCUT2D eigenvalue weighted by molar-refractivity contribution is -0.134. The van der Waals surface area contributed by atoms with Gasteiger partial charge in [-0.15, -0.1) is 0 Å². The van der Waals surface area contributed by atoms with Gasteiger partial charge in [-0.05, 0) is 47.7 Å². The van der Waals surface area contributed by atoms with Gasteiger partial charge in [-0.2, -0.15) is 0 Å². The molecule has 0 radical (unpaired) electrons. The molecular weight excluding hydrogens is 440 g/mol. The number of halogens is 1. The van der Waals surface area contributed by atoms with Crippen molar-refractivity contribution in [2.24, 2.45) is 10.7 Å². The van der Waals surface area contributed by atoms with Crippen LogP contribution in [0, 0.1) is 0 Å². The van der Waals surface area contributed by atoms with E-state index in [4.69, 9.17) is 17.3 Å². The van der Waals surface area contributed by atoms with Gasteiger partial charge in [0.15, 0.2) is 0 Å². The second-order valence-electron chi connectivity index (χ2n) is 8.18. The molecular formula is C25H25ClN4O3. The first-order chi connectivity index (χ1) is 15.9. The average molecular weight is 465 g/mol. The fourth-order valence-corrected chi connectivity index (χ4v) is 4.71. The molecule has 2 aliphatic heterocycles. The summed E-state index contributed by atoms with van der Waals surface area (Å²) in [5.74, 6) is -1.00. The van der Waals surface area contributed by atoms with Gasteiger partial charge in [0.05, 0.1) is 17.5 Å². The highest BCUT2D eigenvalue weighted by Crippen LogP contribution is 2.39. The summed E-state index contributed by atoms with van der Waals surface area (Å²) in [4.78, 5) is 42.0. The van der Waals surface area contributed by atoms with Crippen molar-refractivity contribution in [1.82, 2.24) is 5.32 Å². The molecule has 8 heteroatoms. The third-order valence-corrected chi connectivity index (χ3v) is 6.43. The fraction of sp³-hybridized carbons (Fsp3) is 0.280. The Morgan fingerprint density at radius 2 is 2.03 bits per heavy atom. The molecule has 33 heavy (non-hydrogen) atoms. The van der Waals surface area contributed by atoms with E-state index in [0.29, 0.717) is 48.5 Å². The maximum atomic E-state index is 12.6. The summed E-state index contributed by atoms with van der Waals surface area (Å²) >= 11 is 6.76. The monoisotopic (exact) mass is 464 g/mol. The molecule has 0 bridgehead atoms. The molecule has 7 nitrogen and oxygen atoms in total. The summed E-state index contributed by atoms with van der Waals surface area (Å²) in [6, 6.07) is 11.5. The average Bonchev–Trinajstić information content (AvgIpc) is 2.80. The van der Waals surface area contributed by atoms with E-state index >= 15 is 0 Å². The lowest BCUT2D eigenvalue weighted by Crippen LogP contribution is -2.39. The molecule has 2 aliphatic rings. The van der Waals surface area contributed by atoms with Crippen LogP contribution < -0.4 is 16.0 Å². The molecule has 2 heterocycles. The second-order valence-corrected chi connectivity index (χ2v) is 8.56. The maximum Gasteiger partial charge on any atom is 0.234 e. The van der Waals surface area contributed by atoms with E-state index in [1.54, 1.807) is 24.2 Å². The van der Waals surface area contributed by atoms with Crippen molar-refractivity contribution in [2.45, 2.75) is 31.6 Å². The zero-order valence-electron chi connectivity index (χ0n) is 18.3. The molecule has 1 saturated heterocycles. The van der Waals surface area contributed by atoms with E-state index in [1.165, 1.54) is 0 Å². The molecule has 1 atom stereocenters. The predicted octanol–water partition coefficient (Wildman–Crippen LogP) is 3.35. The maximum absolute atomic E-state index is 12.6. The number of aryl methyl sites for hydroxylation is 1. The minimum atomic E-state index is -0.456. The van der Waals surface area contributed by atoms with Gasteiger partial charge >= 0.3 is 0 Å². The molecule has 0 spiro atoms. The Morgan fingerprint density at radius 1 is 1.21 bits per heavy atom. The highest BCUT2D eigenvalue weighted by Gasteiger charge is 2.30. The summed E-state index contributed by atoms with van der Waals surface area (Å²) in [6.45, 7) is 0.295. The first-order valence-corrected chi connectivity index (χ1v) is 11.2. The molecule has 1 unspecified atom stereocenters. The number of piperidine rings is 1. The summed E-state index contributed by atoms with van der Waals surface area (Å²) < 4.78 is 0. The number of carbonyl (C=O) groups is 3. The second kappa shape index (κ2) is 9.58. The Morgan fingerprint density at radius 3 is 2.79 bits per heavy atom. The van der Waals surface area contributed by atoms with Crippen LogP contribution in [0.5, 0.6) is 0 Å². The minimum Gasteiger partial charge on any atom is -0.401 e. The van der Waals surface area contributed by atoms with E-state index in [-0.39, 0.29) is 17.7 Å². The lowest BCUT2D eigenvalue weighted by atomic mass is 9.88. The third kappa shape index (κ3) is 4.68. The predicted molar refractivity (Wildman–Crippen MR) is 129 cm³/mol. The van der Waals surface area contributed by atoms with Crippen LogP contribution in [-0.4, -0.2) is 37.5 Å². The highest BCUT2D eigenvalue weighted by molar-refractivity contribution is 6.34. The summed E-state index contributed by atoms with van der Waals surface area (Å²) in [7, 11) is 1.66. The summed E-state index contributed by atoms with van der Waals surface area (Å²) in [5.41, 5.74) is 10.9. The summed E-state index contributed by atoms with van der Waals surface area (Å²) in [5, 5.41) is 2.90.